The van der Waals surface area contributed by atoms with E-state index in [1.807, 2.05) is 0 Å². The Morgan fingerprint density at radius 1 is 1.03 bits per heavy atom. The van der Waals surface area contributed by atoms with Crippen molar-refractivity contribution in [3.63, 3.8) is 0 Å². The van der Waals surface area contributed by atoms with Gasteiger partial charge in [0.05, 0.1) is 12.2 Å². The van der Waals surface area contributed by atoms with Crippen molar-refractivity contribution in [3.05, 3.63) is 12.2 Å². The minimum atomic E-state index is -0.0728. The van der Waals surface area contributed by atoms with Crippen LogP contribution in [0.2, 0.25) is 0 Å². The third-order valence-electron chi connectivity index (χ3n) is 7.59. The van der Waals surface area contributed by atoms with Crippen molar-refractivity contribution in [2.24, 2.45) is 17.8 Å². The first-order chi connectivity index (χ1) is 15.2. The molecule has 0 bridgehead atoms. The number of hydrogen-bond donors (Lipinski definition) is 0. The predicted molar refractivity (Wildman–Crippen MR) is 120 cm³/mol. The largest absolute Gasteiger partial charge is 0.353 e. The average molecular weight is 435 g/mol. The molecule has 2 aliphatic carbocycles. The van der Waals surface area contributed by atoms with Crippen molar-refractivity contribution in [2.45, 2.75) is 115 Å². The van der Waals surface area contributed by atoms with E-state index < -0.39 is 0 Å². The highest BCUT2D eigenvalue weighted by atomic mass is 16.7. The standard InChI is InChI=1S/C26H42O5/c1-2-3-4-9-21(30-25-10-5-7-14-28-25)12-13-22-23-18-20(27)16-19(23)17-24(22)31-26-11-6-8-15-29-26/h12-13,19,21-26H,2-11,14-18H2,1H3/t19-,21-,22+,23+,24+,25?,26?/m0/s1. The second-order valence-corrected chi connectivity index (χ2v) is 10.0. The number of unbranched alkanes of at least 4 members (excludes halogenated alkanes) is 2. The topological polar surface area (TPSA) is 54.0 Å². The lowest BCUT2D eigenvalue weighted by Gasteiger charge is -2.30. The summed E-state index contributed by atoms with van der Waals surface area (Å²) in [6.45, 7) is 3.85. The monoisotopic (exact) mass is 434 g/mol. The molecule has 0 aromatic rings. The summed E-state index contributed by atoms with van der Waals surface area (Å²) < 4.78 is 24.6. The Hall–Kier alpha value is -0.750. The van der Waals surface area contributed by atoms with Gasteiger partial charge in [-0.15, -0.1) is 0 Å². The van der Waals surface area contributed by atoms with Gasteiger partial charge in [-0.1, -0.05) is 38.3 Å². The van der Waals surface area contributed by atoms with Crippen LogP contribution in [0.5, 0.6) is 0 Å². The third-order valence-corrected chi connectivity index (χ3v) is 7.59. The smallest absolute Gasteiger partial charge is 0.158 e. The van der Waals surface area contributed by atoms with Gasteiger partial charge in [0.15, 0.2) is 12.6 Å². The molecule has 0 aromatic heterocycles. The molecule has 2 saturated heterocycles. The molecule has 31 heavy (non-hydrogen) atoms. The molecular weight excluding hydrogens is 392 g/mol. The van der Waals surface area contributed by atoms with Crippen LogP contribution in [0.3, 0.4) is 0 Å². The fourth-order valence-electron chi connectivity index (χ4n) is 5.89. The van der Waals surface area contributed by atoms with E-state index in [0.29, 0.717) is 24.0 Å². The highest BCUT2D eigenvalue weighted by molar-refractivity contribution is 5.81. The van der Waals surface area contributed by atoms with E-state index >= 15 is 0 Å². The maximum absolute atomic E-state index is 12.1. The molecule has 0 spiro atoms. The van der Waals surface area contributed by atoms with E-state index in [1.165, 1.54) is 32.1 Å². The lowest BCUT2D eigenvalue weighted by atomic mass is 9.90. The molecule has 4 rings (SSSR count). The van der Waals surface area contributed by atoms with E-state index in [2.05, 4.69) is 19.1 Å². The van der Waals surface area contributed by atoms with Crippen LogP contribution in [0.1, 0.15) is 90.4 Å². The van der Waals surface area contributed by atoms with Crippen molar-refractivity contribution in [1.29, 1.82) is 0 Å². The van der Waals surface area contributed by atoms with Gasteiger partial charge >= 0.3 is 0 Å². The van der Waals surface area contributed by atoms with E-state index in [9.17, 15) is 4.79 Å². The predicted octanol–water partition coefficient (Wildman–Crippen LogP) is 5.56. The van der Waals surface area contributed by atoms with Gasteiger partial charge in [-0.3, -0.25) is 4.79 Å². The van der Waals surface area contributed by atoms with Gasteiger partial charge in [0.2, 0.25) is 0 Å². The van der Waals surface area contributed by atoms with Gasteiger partial charge < -0.3 is 18.9 Å². The molecule has 2 saturated carbocycles. The third kappa shape index (κ3) is 6.63. The summed E-state index contributed by atoms with van der Waals surface area (Å²) in [4.78, 5) is 12.1. The average Bonchev–Trinajstić information content (AvgIpc) is 3.29. The number of hydrogen-bond acceptors (Lipinski definition) is 5. The summed E-state index contributed by atoms with van der Waals surface area (Å²) in [6, 6.07) is 0. The Morgan fingerprint density at radius 3 is 2.52 bits per heavy atom. The molecule has 0 aromatic carbocycles. The molecule has 0 radical (unpaired) electrons. The second-order valence-electron chi connectivity index (χ2n) is 10.0. The van der Waals surface area contributed by atoms with E-state index in [-0.39, 0.29) is 30.7 Å². The molecule has 2 aliphatic heterocycles. The van der Waals surface area contributed by atoms with Gasteiger partial charge in [0, 0.05) is 32.0 Å². The first-order valence-electron chi connectivity index (χ1n) is 13.0. The van der Waals surface area contributed by atoms with Crippen LogP contribution in [-0.2, 0) is 23.7 Å². The summed E-state index contributed by atoms with van der Waals surface area (Å²) >= 11 is 0. The molecule has 4 fully saturated rings. The summed E-state index contributed by atoms with van der Waals surface area (Å²) in [5, 5.41) is 0. The number of rotatable bonds is 10. The van der Waals surface area contributed by atoms with Crippen molar-refractivity contribution in [2.75, 3.05) is 13.2 Å². The minimum Gasteiger partial charge on any atom is -0.353 e. The van der Waals surface area contributed by atoms with Crippen LogP contribution < -0.4 is 0 Å². The zero-order valence-electron chi connectivity index (χ0n) is 19.3. The molecule has 0 N–H and O–H groups in total. The first kappa shape index (κ1) is 23.4. The summed E-state index contributed by atoms with van der Waals surface area (Å²) in [5.41, 5.74) is 0. The van der Waals surface area contributed by atoms with E-state index in [1.54, 1.807) is 0 Å². The zero-order chi connectivity index (χ0) is 21.5. The van der Waals surface area contributed by atoms with Gasteiger partial charge in [-0.25, -0.2) is 0 Å². The number of carbonyl (C=O) groups excluding carboxylic acids is 1. The normalized spacial score (nSPS) is 37.4. The summed E-state index contributed by atoms with van der Waals surface area (Å²) in [7, 11) is 0. The van der Waals surface area contributed by atoms with Crippen molar-refractivity contribution in [1.82, 2.24) is 0 Å². The Balaban J connectivity index is 1.41. The van der Waals surface area contributed by atoms with E-state index in [4.69, 9.17) is 18.9 Å². The molecule has 7 atom stereocenters. The molecule has 5 nitrogen and oxygen atoms in total. The van der Waals surface area contributed by atoms with Gasteiger partial charge in [-0.05, 0) is 63.2 Å². The van der Waals surface area contributed by atoms with Crippen LogP contribution in [0.4, 0.5) is 0 Å². The number of Topliss-reactive ketones (excluding diaryl/α,β-unsaturated/α-hetero) is 1. The lowest BCUT2D eigenvalue weighted by molar-refractivity contribution is -0.193. The number of fused-ring (bicyclic) bond motifs is 1. The van der Waals surface area contributed by atoms with Gasteiger partial charge in [0.1, 0.15) is 5.78 Å². The number of ketones is 1. The van der Waals surface area contributed by atoms with Gasteiger partial charge in [-0.2, -0.15) is 0 Å². The number of ether oxygens (including phenoxy) is 4. The molecule has 2 unspecified atom stereocenters. The van der Waals surface area contributed by atoms with Crippen molar-refractivity contribution >= 4 is 5.78 Å². The van der Waals surface area contributed by atoms with Crippen LogP contribution in [0.15, 0.2) is 12.2 Å². The molecule has 4 aliphatic rings. The molecule has 5 heteroatoms. The van der Waals surface area contributed by atoms with Crippen molar-refractivity contribution in [3.8, 4) is 0 Å². The second kappa shape index (κ2) is 11.9. The maximum Gasteiger partial charge on any atom is 0.158 e. The summed E-state index contributed by atoms with van der Waals surface area (Å²) in [6.07, 6.45) is 18.4. The SMILES string of the molecule is CCCCC[C@@H](C=C[C@@H]1[C@@H]2CC(=O)C[C@H]2C[C@H]1OC1CCCCO1)OC1CCCCO1. The minimum absolute atomic E-state index is 0.0721. The van der Waals surface area contributed by atoms with Crippen LogP contribution in [-0.4, -0.2) is 43.8 Å². The quantitative estimate of drug-likeness (QED) is 0.333. The summed E-state index contributed by atoms with van der Waals surface area (Å²) in [5.74, 6) is 1.59. The zero-order valence-corrected chi connectivity index (χ0v) is 19.3. The Morgan fingerprint density at radius 2 is 1.81 bits per heavy atom. The lowest BCUT2D eigenvalue weighted by Crippen LogP contribution is -2.31. The van der Waals surface area contributed by atoms with E-state index in [0.717, 1.165) is 58.2 Å². The highest BCUT2D eigenvalue weighted by Crippen LogP contribution is 2.48. The highest BCUT2D eigenvalue weighted by Gasteiger charge is 2.48. The van der Waals surface area contributed by atoms with Crippen LogP contribution in [0, 0.1) is 17.8 Å². The fraction of sp³-hybridized carbons (Fsp3) is 0.885. The Kier molecular flexibility index (Phi) is 9.00. The van der Waals surface area contributed by atoms with Crippen molar-refractivity contribution < 1.29 is 23.7 Å². The molecule has 2 heterocycles. The molecule has 0 amide bonds. The Labute approximate surface area is 188 Å². The molecular formula is C26H42O5. The Bertz CT molecular complexity index is 578. The maximum atomic E-state index is 12.1. The van der Waals surface area contributed by atoms with Crippen LogP contribution >= 0.6 is 0 Å². The molecule has 176 valence electrons. The fourth-order valence-corrected chi connectivity index (χ4v) is 5.89. The van der Waals surface area contributed by atoms with Crippen LogP contribution in [0.25, 0.3) is 0 Å². The van der Waals surface area contributed by atoms with Gasteiger partial charge in [0.25, 0.3) is 0 Å². The number of carbonyl (C=O) groups is 1. The first-order valence-corrected chi connectivity index (χ1v) is 13.0.